The van der Waals surface area contributed by atoms with Crippen LogP contribution in [0.1, 0.15) is 17.0 Å². The Labute approximate surface area is 108 Å². The molecule has 17 heavy (non-hydrogen) atoms. The Balaban J connectivity index is 2.31. The van der Waals surface area contributed by atoms with Crippen molar-refractivity contribution in [3.05, 3.63) is 39.6 Å². The second kappa shape index (κ2) is 4.79. The summed E-state index contributed by atoms with van der Waals surface area (Å²) in [5.74, 6) is 0.726. The van der Waals surface area contributed by atoms with E-state index >= 15 is 0 Å². The Morgan fingerprint density at radius 1 is 1.06 bits per heavy atom. The third-order valence-corrected chi connectivity index (χ3v) is 2.92. The number of hydrogen-bond donors (Lipinski definition) is 0. The van der Waals surface area contributed by atoms with Gasteiger partial charge in [0.05, 0.1) is 11.4 Å². The summed E-state index contributed by atoms with van der Waals surface area (Å²) in [4.78, 5) is 4.23. The molecule has 1 aromatic carbocycles. The number of aryl methyl sites for hydroxylation is 3. The van der Waals surface area contributed by atoms with Crippen molar-refractivity contribution in [1.82, 2.24) is 15.2 Å². The van der Waals surface area contributed by atoms with E-state index in [9.17, 15) is 0 Å². The summed E-state index contributed by atoms with van der Waals surface area (Å²) in [5.41, 5.74) is 2.65. The van der Waals surface area contributed by atoms with Gasteiger partial charge >= 0.3 is 6.01 Å². The number of ether oxygens (including phenoxy) is 1. The molecule has 0 N–H and O–H groups in total. The van der Waals surface area contributed by atoms with E-state index in [0.29, 0.717) is 0 Å². The van der Waals surface area contributed by atoms with Gasteiger partial charge in [-0.1, -0.05) is 27.1 Å². The molecule has 2 aromatic rings. The van der Waals surface area contributed by atoms with E-state index in [1.165, 1.54) is 0 Å². The zero-order valence-corrected chi connectivity index (χ0v) is 11.4. The SMILES string of the molecule is Cc1ccc(Br)cc1Oc1nnc(C)c(C)n1. The maximum atomic E-state index is 5.61. The zero-order valence-electron chi connectivity index (χ0n) is 9.86. The molecule has 0 fully saturated rings. The molecule has 0 saturated carbocycles. The molecule has 0 atom stereocenters. The number of benzene rings is 1. The molecule has 0 aliphatic carbocycles. The fourth-order valence-corrected chi connectivity index (χ4v) is 1.60. The van der Waals surface area contributed by atoms with Gasteiger partial charge in [0.2, 0.25) is 0 Å². The predicted octanol–water partition coefficient (Wildman–Crippen LogP) is 3.35. The summed E-state index contributed by atoms with van der Waals surface area (Å²) in [7, 11) is 0. The Bertz CT molecular complexity index is 557. The summed E-state index contributed by atoms with van der Waals surface area (Å²) in [5, 5.41) is 7.88. The van der Waals surface area contributed by atoms with Crippen LogP contribution in [0.4, 0.5) is 0 Å². The van der Waals surface area contributed by atoms with Gasteiger partial charge in [-0.2, -0.15) is 4.98 Å². The topological polar surface area (TPSA) is 47.9 Å². The van der Waals surface area contributed by atoms with E-state index in [-0.39, 0.29) is 6.01 Å². The summed E-state index contributed by atoms with van der Waals surface area (Å²) >= 11 is 3.40. The van der Waals surface area contributed by atoms with E-state index in [2.05, 4.69) is 31.1 Å². The quantitative estimate of drug-likeness (QED) is 0.852. The Morgan fingerprint density at radius 2 is 1.82 bits per heavy atom. The van der Waals surface area contributed by atoms with Crippen molar-refractivity contribution in [1.29, 1.82) is 0 Å². The predicted molar refractivity (Wildman–Crippen MR) is 68.3 cm³/mol. The third kappa shape index (κ3) is 2.79. The minimum absolute atomic E-state index is 0.273. The Hall–Kier alpha value is -1.49. The lowest BCUT2D eigenvalue weighted by Crippen LogP contribution is -2.00. The van der Waals surface area contributed by atoms with Gasteiger partial charge < -0.3 is 4.74 Å². The van der Waals surface area contributed by atoms with E-state index in [4.69, 9.17) is 4.74 Å². The molecule has 0 amide bonds. The van der Waals surface area contributed by atoms with Gasteiger partial charge in [0.15, 0.2) is 0 Å². The molecule has 4 nitrogen and oxygen atoms in total. The summed E-state index contributed by atoms with van der Waals surface area (Å²) < 4.78 is 6.56. The van der Waals surface area contributed by atoms with Gasteiger partial charge in [0.1, 0.15) is 5.75 Å². The van der Waals surface area contributed by atoms with E-state index < -0.39 is 0 Å². The van der Waals surface area contributed by atoms with Gasteiger partial charge in [-0.15, -0.1) is 5.10 Å². The van der Waals surface area contributed by atoms with Crippen molar-refractivity contribution in [3.8, 4) is 11.8 Å². The van der Waals surface area contributed by atoms with Crippen LogP contribution in [0.3, 0.4) is 0 Å². The first-order valence-electron chi connectivity index (χ1n) is 5.18. The van der Waals surface area contributed by atoms with Crippen LogP contribution < -0.4 is 4.74 Å². The van der Waals surface area contributed by atoms with Crippen molar-refractivity contribution < 1.29 is 4.74 Å². The van der Waals surface area contributed by atoms with Gasteiger partial charge in [0, 0.05) is 4.47 Å². The average Bonchev–Trinajstić information content (AvgIpc) is 2.29. The molecule has 0 spiro atoms. The third-order valence-electron chi connectivity index (χ3n) is 2.42. The lowest BCUT2D eigenvalue weighted by molar-refractivity contribution is 0.427. The van der Waals surface area contributed by atoms with Gasteiger partial charge in [0.25, 0.3) is 0 Å². The summed E-state index contributed by atoms with van der Waals surface area (Å²) in [6, 6.07) is 6.08. The minimum Gasteiger partial charge on any atom is -0.423 e. The Morgan fingerprint density at radius 3 is 2.53 bits per heavy atom. The number of hydrogen-bond acceptors (Lipinski definition) is 4. The molecule has 0 radical (unpaired) electrons. The highest BCUT2D eigenvalue weighted by Gasteiger charge is 2.06. The number of nitrogens with zero attached hydrogens (tertiary/aromatic N) is 3. The standard InChI is InChI=1S/C12H12BrN3O/c1-7-4-5-10(13)6-11(7)17-12-14-8(2)9(3)15-16-12/h4-6H,1-3H3. The molecule has 0 bridgehead atoms. The molecule has 0 saturated heterocycles. The van der Waals surface area contributed by atoms with Crippen LogP contribution in [0, 0.1) is 20.8 Å². The highest BCUT2D eigenvalue weighted by atomic mass is 79.9. The number of rotatable bonds is 2. The highest BCUT2D eigenvalue weighted by Crippen LogP contribution is 2.26. The first-order valence-corrected chi connectivity index (χ1v) is 5.97. The van der Waals surface area contributed by atoms with Crippen molar-refractivity contribution in [2.45, 2.75) is 20.8 Å². The van der Waals surface area contributed by atoms with Crippen LogP contribution in [-0.2, 0) is 0 Å². The lowest BCUT2D eigenvalue weighted by atomic mass is 10.2. The smallest absolute Gasteiger partial charge is 0.341 e. The second-order valence-corrected chi connectivity index (χ2v) is 4.69. The van der Waals surface area contributed by atoms with Gasteiger partial charge in [-0.25, -0.2) is 0 Å². The second-order valence-electron chi connectivity index (χ2n) is 3.78. The minimum atomic E-state index is 0.273. The number of aromatic nitrogens is 3. The van der Waals surface area contributed by atoms with E-state index in [0.717, 1.165) is 27.2 Å². The maximum absolute atomic E-state index is 5.61. The molecule has 5 heteroatoms. The van der Waals surface area contributed by atoms with Crippen LogP contribution in [0.2, 0.25) is 0 Å². The van der Waals surface area contributed by atoms with E-state index in [1.54, 1.807) is 0 Å². The maximum Gasteiger partial charge on any atom is 0.341 e. The van der Waals surface area contributed by atoms with Crippen LogP contribution in [0.15, 0.2) is 22.7 Å². The summed E-state index contributed by atoms with van der Waals surface area (Å²) in [6.07, 6.45) is 0. The largest absolute Gasteiger partial charge is 0.423 e. The zero-order chi connectivity index (χ0) is 12.4. The molecule has 1 heterocycles. The molecule has 0 aliphatic heterocycles. The van der Waals surface area contributed by atoms with Crippen LogP contribution in [-0.4, -0.2) is 15.2 Å². The molecular formula is C12H12BrN3O. The number of halogens is 1. The fraction of sp³-hybridized carbons (Fsp3) is 0.250. The van der Waals surface area contributed by atoms with Crippen molar-refractivity contribution in [2.75, 3.05) is 0 Å². The molecule has 1 aromatic heterocycles. The lowest BCUT2D eigenvalue weighted by Gasteiger charge is -2.07. The van der Waals surface area contributed by atoms with Crippen molar-refractivity contribution >= 4 is 15.9 Å². The highest BCUT2D eigenvalue weighted by molar-refractivity contribution is 9.10. The first kappa shape index (κ1) is 12.0. The molecule has 88 valence electrons. The first-order chi connectivity index (χ1) is 8.06. The van der Waals surface area contributed by atoms with Gasteiger partial charge in [-0.05, 0) is 38.5 Å². The normalized spacial score (nSPS) is 10.4. The van der Waals surface area contributed by atoms with Gasteiger partial charge in [-0.3, -0.25) is 0 Å². The summed E-state index contributed by atoms with van der Waals surface area (Å²) in [6.45, 7) is 5.71. The molecule has 0 unspecified atom stereocenters. The molecule has 2 rings (SSSR count). The van der Waals surface area contributed by atoms with Crippen LogP contribution in [0.25, 0.3) is 0 Å². The average molecular weight is 294 g/mol. The van der Waals surface area contributed by atoms with Crippen LogP contribution >= 0.6 is 15.9 Å². The van der Waals surface area contributed by atoms with Crippen molar-refractivity contribution in [2.24, 2.45) is 0 Å². The van der Waals surface area contributed by atoms with E-state index in [1.807, 2.05) is 39.0 Å². The fourth-order valence-electron chi connectivity index (χ4n) is 1.26. The monoisotopic (exact) mass is 293 g/mol. The molecule has 0 aliphatic rings. The molecular weight excluding hydrogens is 282 g/mol. The van der Waals surface area contributed by atoms with Crippen LogP contribution in [0.5, 0.6) is 11.8 Å². The Kier molecular flexibility index (Phi) is 3.38. The van der Waals surface area contributed by atoms with Crippen molar-refractivity contribution in [3.63, 3.8) is 0 Å².